The first kappa shape index (κ1) is 10.7. The molecule has 17 heavy (non-hydrogen) atoms. The molecule has 1 fully saturated rings. The van der Waals surface area contributed by atoms with E-state index >= 15 is 0 Å². The van der Waals surface area contributed by atoms with Crippen LogP contribution in [0.25, 0.3) is 10.8 Å². The third kappa shape index (κ3) is 1.48. The second-order valence-electron chi connectivity index (χ2n) is 5.59. The van der Waals surface area contributed by atoms with Gasteiger partial charge in [-0.05, 0) is 34.7 Å². The molecule has 2 nitrogen and oxygen atoms in total. The molecule has 2 unspecified atom stereocenters. The molecule has 0 radical (unpaired) electrons. The summed E-state index contributed by atoms with van der Waals surface area (Å²) in [7, 11) is 0. The minimum Gasteiger partial charge on any atom is -0.330 e. The Labute approximate surface area is 102 Å². The van der Waals surface area contributed by atoms with Gasteiger partial charge in [0.15, 0.2) is 0 Å². The molecule has 2 atom stereocenters. The summed E-state index contributed by atoms with van der Waals surface area (Å²) in [5, 5.41) is 2.56. The highest BCUT2D eigenvalue weighted by atomic mass is 14.7. The molecular weight excluding hydrogens is 208 g/mol. The van der Waals surface area contributed by atoms with Crippen LogP contribution in [-0.4, -0.2) is 11.5 Å². The predicted octanol–water partition coefficient (Wildman–Crippen LogP) is 2.93. The number of hydrogen-bond acceptors (Lipinski definition) is 2. The largest absolute Gasteiger partial charge is 0.330 e. The monoisotopic (exact) mass is 226 g/mol. The first-order chi connectivity index (χ1) is 8.16. The van der Waals surface area contributed by atoms with Crippen molar-refractivity contribution in [2.75, 3.05) is 6.54 Å². The van der Waals surface area contributed by atoms with Gasteiger partial charge in [-0.3, -0.25) is 4.98 Å². The van der Waals surface area contributed by atoms with Crippen molar-refractivity contribution >= 4 is 10.8 Å². The minimum absolute atomic E-state index is 0.320. The van der Waals surface area contributed by atoms with Crippen LogP contribution in [0.4, 0.5) is 0 Å². The summed E-state index contributed by atoms with van der Waals surface area (Å²) in [5.41, 5.74) is 7.55. The number of fused-ring (bicyclic) bond motifs is 1. The van der Waals surface area contributed by atoms with E-state index in [4.69, 9.17) is 5.73 Å². The van der Waals surface area contributed by atoms with Crippen LogP contribution in [0.15, 0.2) is 36.7 Å². The van der Waals surface area contributed by atoms with Crippen LogP contribution < -0.4 is 5.73 Å². The van der Waals surface area contributed by atoms with Crippen molar-refractivity contribution in [3.05, 3.63) is 42.2 Å². The predicted molar refractivity (Wildman–Crippen MR) is 70.8 cm³/mol. The van der Waals surface area contributed by atoms with Crippen LogP contribution in [0.3, 0.4) is 0 Å². The van der Waals surface area contributed by atoms with E-state index in [-0.39, 0.29) is 0 Å². The van der Waals surface area contributed by atoms with Crippen molar-refractivity contribution in [3.8, 4) is 0 Å². The molecule has 2 N–H and O–H groups in total. The number of aromatic nitrogens is 1. The van der Waals surface area contributed by atoms with E-state index in [1.807, 2.05) is 12.4 Å². The lowest BCUT2D eigenvalue weighted by atomic mass is 9.99. The lowest BCUT2D eigenvalue weighted by molar-refractivity contribution is 0.559. The van der Waals surface area contributed by atoms with Crippen molar-refractivity contribution in [2.24, 2.45) is 17.1 Å². The number of pyridine rings is 1. The smallest absolute Gasteiger partial charge is 0.0346 e. The van der Waals surface area contributed by atoms with Crippen LogP contribution in [0.5, 0.6) is 0 Å². The number of nitrogens with zero attached hydrogens (tertiary/aromatic N) is 1. The number of hydrogen-bond donors (Lipinski definition) is 1. The summed E-state index contributed by atoms with van der Waals surface area (Å²) in [6.07, 6.45) is 3.95. The van der Waals surface area contributed by atoms with Crippen molar-refractivity contribution in [1.29, 1.82) is 0 Å². The van der Waals surface area contributed by atoms with Crippen LogP contribution in [-0.2, 0) is 0 Å². The fraction of sp³-hybridized carbons (Fsp3) is 0.400. The average molecular weight is 226 g/mol. The zero-order valence-electron chi connectivity index (χ0n) is 10.4. The van der Waals surface area contributed by atoms with E-state index in [1.165, 1.54) is 16.3 Å². The maximum Gasteiger partial charge on any atom is 0.0346 e. The summed E-state index contributed by atoms with van der Waals surface area (Å²) in [5.74, 6) is 1.15. The molecule has 2 heteroatoms. The normalized spacial score (nSPS) is 26.1. The fourth-order valence-electron chi connectivity index (χ4n) is 3.19. The summed E-state index contributed by atoms with van der Waals surface area (Å²) >= 11 is 0. The molecule has 3 rings (SSSR count). The number of rotatable bonds is 2. The molecule has 1 saturated carbocycles. The molecule has 0 bridgehead atoms. The highest BCUT2D eigenvalue weighted by Gasteiger charge is 2.57. The van der Waals surface area contributed by atoms with Crippen LogP contribution in [0.1, 0.15) is 25.3 Å². The Balaban J connectivity index is 2.14. The van der Waals surface area contributed by atoms with Gasteiger partial charge in [0.1, 0.15) is 0 Å². The van der Waals surface area contributed by atoms with Gasteiger partial charge in [0.05, 0.1) is 0 Å². The summed E-state index contributed by atoms with van der Waals surface area (Å²) in [4.78, 5) is 4.37. The lowest BCUT2D eigenvalue weighted by Gasteiger charge is -2.07. The van der Waals surface area contributed by atoms with Gasteiger partial charge in [-0.15, -0.1) is 0 Å². The van der Waals surface area contributed by atoms with Crippen molar-refractivity contribution in [2.45, 2.75) is 19.8 Å². The Morgan fingerprint density at radius 1 is 1.24 bits per heavy atom. The van der Waals surface area contributed by atoms with Gasteiger partial charge < -0.3 is 5.73 Å². The van der Waals surface area contributed by atoms with E-state index < -0.39 is 0 Å². The molecule has 1 heterocycles. The van der Waals surface area contributed by atoms with E-state index in [2.05, 4.69) is 43.1 Å². The maximum absolute atomic E-state index is 5.86. The molecule has 88 valence electrons. The van der Waals surface area contributed by atoms with Gasteiger partial charge >= 0.3 is 0 Å². The topological polar surface area (TPSA) is 38.9 Å². The molecule has 1 aliphatic carbocycles. The number of benzene rings is 1. The summed E-state index contributed by atoms with van der Waals surface area (Å²) in [6.45, 7) is 5.37. The van der Waals surface area contributed by atoms with Crippen LogP contribution >= 0.6 is 0 Å². The molecule has 2 aromatic rings. The van der Waals surface area contributed by atoms with E-state index in [0.717, 1.165) is 6.54 Å². The Morgan fingerprint density at radius 2 is 2.00 bits per heavy atom. The maximum atomic E-state index is 5.86. The first-order valence-corrected chi connectivity index (χ1v) is 6.19. The van der Waals surface area contributed by atoms with E-state index in [0.29, 0.717) is 17.3 Å². The average Bonchev–Trinajstić information content (AvgIpc) is 2.90. The van der Waals surface area contributed by atoms with Gasteiger partial charge in [0.2, 0.25) is 0 Å². The lowest BCUT2D eigenvalue weighted by Crippen LogP contribution is -2.05. The van der Waals surface area contributed by atoms with Gasteiger partial charge in [-0.1, -0.05) is 38.1 Å². The summed E-state index contributed by atoms with van der Waals surface area (Å²) < 4.78 is 0. The molecule has 1 aromatic carbocycles. The van der Waals surface area contributed by atoms with Gasteiger partial charge in [-0.25, -0.2) is 0 Å². The van der Waals surface area contributed by atoms with Gasteiger partial charge in [-0.2, -0.15) is 0 Å². The number of nitrogens with two attached hydrogens (primary N) is 1. The van der Waals surface area contributed by atoms with Crippen LogP contribution in [0, 0.1) is 11.3 Å². The fourth-order valence-corrected chi connectivity index (χ4v) is 3.19. The Bertz CT molecular complexity index is 554. The highest BCUT2D eigenvalue weighted by Crippen LogP contribution is 2.64. The quantitative estimate of drug-likeness (QED) is 0.855. The van der Waals surface area contributed by atoms with Crippen molar-refractivity contribution in [1.82, 2.24) is 4.98 Å². The third-order valence-electron chi connectivity index (χ3n) is 4.34. The van der Waals surface area contributed by atoms with Crippen LogP contribution in [0.2, 0.25) is 0 Å². The zero-order chi connectivity index (χ0) is 12.0. The molecule has 0 saturated heterocycles. The minimum atomic E-state index is 0.320. The second kappa shape index (κ2) is 3.54. The third-order valence-corrected chi connectivity index (χ3v) is 4.34. The second-order valence-corrected chi connectivity index (χ2v) is 5.59. The highest BCUT2D eigenvalue weighted by molar-refractivity contribution is 5.85. The van der Waals surface area contributed by atoms with Gasteiger partial charge in [0, 0.05) is 17.8 Å². The van der Waals surface area contributed by atoms with E-state index in [9.17, 15) is 0 Å². The molecule has 0 amide bonds. The van der Waals surface area contributed by atoms with Crippen molar-refractivity contribution < 1.29 is 0 Å². The molecule has 1 aromatic heterocycles. The Hall–Kier alpha value is -1.41. The standard InChI is InChI=1S/C15H18N2/c1-15(2)13(7-16)14(15)12-9-17-8-10-5-3-4-6-11(10)12/h3-6,8-9,13-14H,7,16H2,1-2H3. The zero-order valence-corrected chi connectivity index (χ0v) is 10.4. The Kier molecular flexibility index (Phi) is 2.23. The molecular formula is C15H18N2. The Morgan fingerprint density at radius 3 is 2.71 bits per heavy atom. The van der Waals surface area contributed by atoms with E-state index in [1.54, 1.807) is 0 Å². The van der Waals surface area contributed by atoms with Gasteiger partial charge in [0.25, 0.3) is 0 Å². The SMILES string of the molecule is CC1(C)C(CN)C1c1cncc2ccccc12. The molecule has 1 aliphatic rings. The van der Waals surface area contributed by atoms with Crippen molar-refractivity contribution in [3.63, 3.8) is 0 Å². The molecule has 0 spiro atoms. The molecule has 0 aliphatic heterocycles. The summed E-state index contributed by atoms with van der Waals surface area (Å²) in [6, 6.07) is 8.47. The first-order valence-electron chi connectivity index (χ1n) is 6.19.